The second-order valence-corrected chi connectivity index (χ2v) is 7.06. The molecule has 4 aromatic rings. The average molecular weight is 394 g/mol. The fourth-order valence-electron chi connectivity index (χ4n) is 3.76. The van der Waals surface area contributed by atoms with E-state index in [1.165, 1.54) is 6.08 Å². The molecule has 0 saturated carbocycles. The largest absolute Gasteiger partial charge is 0.354 e. The van der Waals surface area contributed by atoms with Gasteiger partial charge in [-0.1, -0.05) is 36.4 Å². The first kappa shape index (κ1) is 17.9. The molecule has 0 fully saturated rings. The van der Waals surface area contributed by atoms with Gasteiger partial charge in [0, 0.05) is 28.9 Å². The summed E-state index contributed by atoms with van der Waals surface area (Å²) in [5.41, 5.74) is 5.16. The standard InChI is InChI=1S/C24H18N4O2/c29-20(26-16-7-2-1-3-8-16)12-11-15-6-4-9-17-19-14-21(30)27-24-18(10-5-13-25-24)23(19)28-22(15)17/h1-13,28H,14H2,(H,26,29)(H,25,27,30)/b12-11+. The fraction of sp³-hybridized carbons (Fsp3) is 0.0417. The van der Waals surface area contributed by atoms with E-state index in [0.29, 0.717) is 5.82 Å². The SMILES string of the molecule is O=C(/C=C/c1cccc2c3c([nH]c12)-c1cccnc1NC(=O)C3)Nc1ccccc1. The topological polar surface area (TPSA) is 86.9 Å². The molecule has 3 N–H and O–H groups in total. The molecule has 0 saturated heterocycles. The average Bonchev–Trinajstić information content (AvgIpc) is 3.05. The number of hydrogen-bond donors (Lipinski definition) is 3. The molecule has 1 aliphatic rings. The molecule has 5 rings (SSSR count). The smallest absolute Gasteiger partial charge is 0.248 e. The van der Waals surface area contributed by atoms with Crippen LogP contribution in [0.2, 0.25) is 0 Å². The summed E-state index contributed by atoms with van der Waals surface area (Å²) in [7, 11) is 0. The Balaban J connectivity index is 1.54. The highest BCUT2D eigenvalue weighted by molar-refractivity contribution is 6.07. The van der Waals surface area contributed by atoms with Gasteiger partial charge in [-0.3, -0.25) is 9.59 Å². The number of rotatable bonds is 3. The molecule has 0 unspecified atom stereocenters. The number of carbonyl (C=O) groups is 2. The van der Waals surface area contributed by atoms with Gasteiger partial charge in [0.25, 0.3) is 0 Å². The fourth-order valence-corrected chi connectivity index (χ4v) is 3.76. The number of fused-ring (bicyclic) bond motifs is 5. The van der Waals surface area contributed by atoms with E-state index >= 15 is 0 Å². The van der Waals surface area contributed by atoms with Gasteiger partial charge < -0.3 is 15.6 Å². The molecule has 2 amide bonds. The van der Waals surface area contributed by atoms with Crippen molar-refractivity contribution in [3.05, 3.63) is 84.1 Å². The molecular formula is C24H18N4O2. The van der Waals surface area contributed by atoms with Crippen LogP contribution < -0.4 is 10.6 Å². The number of carbonyl (C=O) groups excluding carboxylic acids is 2. The van der Waals surface area contributed by atoms with Gasteiger partial charge in [-0.05, 0) is 41.5 Å². The minimum atomic E-state index is -0.208. The van der Waals surface area contributed by atoms with E-state index in [9.17, 15) is 9.59 Å². The predicted molar refractivity (Wildman–Crippen MR) is 118 cm³/mol. The lowest BCUT2D eigenvalue weighted by molar-refractivity contribution is -0.115. The normalized spacial score (nSPS) is 12.9. The van der Waals surface area contributed by atoms with Crippen molar-refractivity contribution in [2.24, 2.45) is 0 Å². The Labute approximate surface area is 172 Å². The second kappa shape index (κ2) is 7.33. The molecule has 2 aromatic heterocycles. The first-order valence-corrected chi connectivity index (χ1v) is 9.62. The van der Waals surface area contributed by atoms with Crippen LogP contribution in [0.4, 0.5) is 11.5 Å². The third-order valence-electron chi connectivity index (χ3n) is 5.10. The molecule has 0 atom stereocenters. The van der Waals surface area contributed by atoms with Crippen molar-refractivity contribution >= 4 is 40.3 Å². The number of para-hydroxylation sites is 2. The van der Waals surface area contributed by atoms with Crippen molar-refractivity contribution in [1.82, 2.24) is 9.97 Å². The van der Waals surface area contributed by atoms with Crippen LogP contribution >= 0.6 is 0 Å². The Bertz CT molecular complexity index is 1310. The Kier molecular flexibility index (Phi) is 4.37. The van der Waals surface area contributed by atoms with E-state index < -0.39 is 0 Å². The molecule has 2 aromatic carbocycles. The highest BCUT2D eigenvalue weighted by atomic mass is 16.2. The molecule has 0 spiro atoms. The molecule has 0 aliphatic carbocycles. The van der Waals surface area contributed by atoms with Gasteiger partial charge in [0.05, 0.1) is 17.6 Å². The van der Waals surface area contributed by atoms with Crippen molar-refractivity contribution in [3.8, 4) is 11.3 Å². The van der Waals surface area contributed by atoms with Gasteiger partial charge >= 0.3 is 0 Å². The third-order valence-corrected chi connectivity index (χ3v) is 5.10. The lowest BCUT2D eigenvalue weighted by Gasteiger charge is -2.04. The maximum atomic E-state index is 12.4. The Morgan fingerprint density at radius 3 is 2.77 bits per heavy atom. The number of hydrogen-bond acceptors (Lipinski definition) is 3. The summed E-state index contributed by atoms with van der Waals surface area (Å²) >= 11 is 0. The van der Waals surface area contributed by atoms with Crippen LogP contribution in [0.5, 0.6) is 0 Å². The van der Waals surface area contributed by atoms with Crippen LogP contribution in [-0.4, -0.2) is 21.8 Å². The van der Waals surface area contributed by atoms with Crippen LogP contribution in [0.1, 0.15) is 11.1 Å². The summed E-state index contributed by atoms with van der Waals surface area (Å²) in [4.78, 5) is 32.5. The lowest BCUT2D eigenvalue weighted by Crippen LogP contribution is -2.13. The minimum Gasteiger partial charge on any atom is -0.354 e. The van der Waals surface area contributed by atoms with Crippen LogP contribution in [0.3, 0.4) is 0 Å². The van der Waals surface area contributed by atoms with Crippen molar-refractivity contribution in [2.75, 3.05) is 10.6 Å². The van der Waals surface area contributed by atoms with E-state index in [1.807, 2.05) is 60.7 Å². The van der Waals surface area contributed by atoms with Crippen LogP contribution in [0.15, 0.2) is 72.9 Å². The number of amides is 2. The number of anilines is 2. The van der Waals surface area contributed by atoms with Crippen molar-refractivity contribution in [2.45, 2.75) is 6.42 Å². The molecular weight excluding hydrogens is 376 g/mol. The molecule has 30 heavy (non-hydrogen) atoms. The molecule has 0 radical (unpaired) electrons. The highest BCUT2D eigenvalue weighted by Crippen LogP contribution is 2.37. The third kappa shape index (κ3) is 3.24. The van der Waals surface area contributed by atoms with E-state index in [1.54, 1.807) is 12.3 Å². The molecule has 6 nitrogen and oxygen atoms in total. The number of nitrogens with one attached hydrogen (secondary N) is 3. The summed E-state index contributed by atoms with van der Waals surface area (Å²) in [5.74, 6) is 0.241. The van der Waals surface area contributed by atoms with Gasteiger partial charge in [-0.2, -0.15) is 0 Å². The van der Waals surface area contributed by atoms with Crippen LogP contribution in [-0.2, 0) is 16.0 Å². The Hall–Kier alpha value is -4.19. The van der Waals surface area contributed by atoms with Gasteiger partial charge in [0.1, 0.15) is 5.82 Å². The zero-order valence-electron chi connectivity index (χ0n) is 16.0. The molecule has 6 heteroatoms. The van der Waals surface area contributed by atoms with Gasteiger partial charge in [0.2, 0.25) is 11.8 Å². The van der Waals surface area contributed by atoms with Crippen molar-refractivity contribution in [1.29, 1.82) is 0 Å². The van der Waals surface area contributed by atoms with Gasteiger partial charge in [-0.25, -0.2) is 4.98 Å². The number of aromatic nitrogens is 2. The highest BCUT2D eigenvalue weighted by Gasteiger charge is 2.23. The Morgan fingerprint density at radius 2 is 1.90 bits per heavy atom. The minimum absolute atomic E-state index is 0.0993. The maximum absolute atomic E-state index is 12.4. The Morgan fingerprint density at radius 1 is 1.03 bits per heavy atom. The number of aromatic amines is 1. The first-order chi connectivity index (χ1) is 14.7. The number of nitrogens with zero attached hydrogens (tertiary/aromatic N) is 1. The first-order valence-electron chi connectivity index (χ1n) is 9.62. The monoisotopic (exact) mass is 394 g/mol. The van der Waals surface area contributed by atoms with E-state index in [4.69, 9.17) is 0 Å². The molecule has 1 aliphatic heterocycles. The summed E-state index contributed by atoms with van der Waals surface area (Å²) in [5, 5.41) is 6.66. The lowest BCUT2D eigenvalue weighted by atomic mass is 10.0. The zero-order valence-corrected chi connectivity index (χ0v) is 16.0. The summed E-state index contributed by atoms with van der Waals surface area (Å²) in [6.45, 7) is 0. The summed E-state index contributed by atoms with van der Waals surface area (Å²) in [6.07, 6.45) is 5.20. The van der Waals surface area contributed by atoms with Crippen molar-refractivity contribution in [3.63, 3.8) is 0 Å². The summed E-state index contributed by atoms with van der Waals surface area (Å²) < 4.78 is 0. The predicted octanol–water partition coefficient (Wildman–Crippen LogP) is 4.38. The number of H-pyrrole nitrogens is 1. The van der Waals surface area contributed by atoms with Crippen molar-refractivity contribution < 1.29 is 9.59 Å². The van der Waals surface area contributed by atoms with Crippen LogP contribution in [0, 0.1) is 0 Å². The summed E-state index contributed by atoms with van der Waals surface area (Å²) in [6, 6.07) is 19.0. The van der Waals surface area contributed by atoms with E-state index in [2.05, 4.69) is 20.6 Å². The number of benzene rings is 2. The van der Waals surface area contributed by atoms with Gasteiger partial charge in [0.15, 0.2) is 0 Å². The van der Waals surface area contributed by atoms with Gasteiger partial charge in [-0.15, -0.1) is 0 Å². The van der Waals surface area contributed by atoms with E-state index in [-0.39, 0.29) is 18.2 Å². The maximum Gasteiger partial charge on any atom is 0.248 e. The molecule has 0 bridgehead atoms. The number of pyridine rings is 1. The molecule has 3 heterocycles. The second-order valence-electron chi connectivity index (χ2n) is 7.06. The molecule has 146 valence electrons. The quantitative estimate of drug-likeness (QED) is 0.451. The zero-order chi connectivity index (χ0) is 20.5. The van der Waals surface area contributed by atoms with E-state index in [0.717, 1.165) is 39.0 Å². The van der Waals surface area contributed by atoms with Crippen LogP contribution in [0.25, 0.3) is 28.2 Å².